The highest BCUT2D eigenvalue weighted by molar-refractivity contribution is 9.09. The Morgan fingerprint density at radius 1 is 1.59 bits per heavy atom. The molecule has 0 spiro atoms. The number of allylic oxidation sites excluding steroid dienone is 1. The van der Waals surface area contributed by atoms with E-state index in [1.165, 1.54) is 12.0 Å². The van der Waals surface area contributed by atoms with Gasteiger partial charge in [0.05, 0.1) is 5.60 Å². The van der Waals surface area contributed by atoms with Crippen LogP contribution in [0.3, 0.4) is 0 Å². The third-order valence-corrected chi connectivity index (χ3v) is 5.93. The summed E-state index contributed by atoms with van der Waals surface area (Å²) in [5, 5.41) is 10.0. The first kappa shape index (κ1) is 15.0. The Balaban J connectivity index is 2.73. The predicted octanol–water partition coefficient (Wildman–Crippen LogP) is 4.46. The van der Waals surface area contributed by atoms with Crippen LogP contribution in [-0.2, 0) is 0 Å². The summed E-state index contributed by atoms with van der Waals surface area (Å²) in [6.45, 7) is 14.3. The SMILES string of the molecule is C=CC(C)(O)CCC1C(=C)CCC(Br)C1(C)C. The summed E-state index contributed by atoms with van der Waals surface area (Å²) in [4.78, 5) is 0.541. The van der Waals surface area contributed by atoms with Crippen LogP contribution >= 0.6 is 15.9 Å². The van der Waals surface area contributed by atoms with Crippen molar-refractivity contribution in [3.05, 3.63) is 24.8 Å². The third kappa shape index (κ3) is 3.45. The largest absolute Gasteiger partial charge is 0.386 e. The molecular formula is C15H25BrO. The molecule has 98 valence electrons. The van der Waals surface area contributed by atoms with Crippen LogP contribution in [0.1, 0.15) is 46.5 Å². The van der Waals surface area contributed by atoms with Crippen LogP contribution in [0.4, 0.5) is 0 Å². The zero-order valence-corrected chi connectivity index (χ0v) is 12.9. The summed E-state index contributed by atoms with van der Waals surface area (Å²) in [5.74, 6) is 0.479. The van der Waals surface area contributed by atoms with Gasteiger partial charge in [-0.05, 0) is 43.9 Å². The Hall–Kier alpha value is -0.0800. The number of hydrogen-bond donors (Lipinski definition) is 1. The molecule has 1 N–H and O–H groups in total. The van der Waals surface area contributed by atoms with Gasteiger partial charge in [-0.1, -0.05) is 48.0 Å². The molecule has 1 rings (SSSR count). The fraction of sp³-hybridized carbons (Fsp3) is 0.733. The summed E-state index contributed by atoms with van der Waals surface area (Å²) in [7, 11) is 0. The highest BCUT2D eigenvalue weighted by atomic mass is 79.9. The van der Waals surface area contributed by atoms with Gasteiger partial charge in [-0.3, -0.25) is 0 Å². The monoisotopic (exact) mass is 300 g/mol. The highest BCUT2D eigenvalue weighted by Crippen LogP contribution is 2.49. The van der Waals surface area contributed by atoms with Crippen molar-refractivity contribution in [1.29, 1.82) is 0 Å². The van der Waals surface area contributed by atoms with E-state index in [1.54, 1.807) is 6.08 Å². The van der Waals surface area contributed by atoms with Crippen molar-refractivity contribution in [3.8, 4) is 0 Å². The highest BCUT2D eigenvalue weighted by Gasteiger charge is 2.41. The molecule has 0 bridgehead atoms. The van der Waals surface area contributed by atoms with E-state index in [-0.39, 0.29) is 5.41 Å². The fourth-order valence-electron chi connectivity index (χ4n) is 2.72. The molecule has 1 nitrogen and oxygen atoms in total. The Morgan fingerprint density at radius 2 is 2.18 bits per heavy atom. The molecule has 0 aromatic rings. The third-order valence-electron chi connectivity index (χ3n) is 4.30. The van der Waals surface area contributed by atoms with E-state index >= 15 is 0 Å². The lowest BCUT2D eigenvalue weighted by atomic mass is 9.64. The summed E-state index contributed by atoms with van der Waals surface area (Å²) >= 11 is 3.79. The van der Waals surface area contributed by atoms with Crippen LogP contribution in [-0.4, -0.2) is 15.5 Å². The predicted molar refractivity (Wildman–Crippen MR) is 78.4 cm³/mol. The minimum atomic E-state index is -0.754. The van der Waals surface area contributed by atoms with Gasteiger partial charge >= 0.3 is 0 Å². The zero-order valence-electron chi connectivity index (χ0n) is 11.3. The maximum Gasteiger partial charge on any atom is 0.0797 e. The second-order valence-electron chi connectivity index (χ2n) is 6.14. The van der Waals surface area contributed by atoms with E-state index in [4.69, 9.17) is 0 Å². The topological polar surface area (TPSA) is 20.2 Å². The van der Waals surface area contributed by atoms with Crippen LogP contribution in [0.2, 0.25) is 0 Å². The van der Waals surface area contributed by atoms with Crippen LogP contribution < -0.4 is 0 Å². The first-order valence-corrected chi connectivity index (χ1v) is 7.30. The van der Waals surface area contributed by atoms with Crippen molar-refractivity contribution in [2.75, 3.05) is 0 Å². The van der Waals surface area contributed by atoms with Crippen LogP contribution in [0.15, 0.2) is 24.8 Å². The second-order valence-corrected chi connectivity index (χ2v) is 7.24. The molecular weight excluding hydrogens is 276 g/mol. The van der Waals surface area contributed by atoms with E-state index < -0.39 is 5.60 Å². The van der Waals surface area contributed by atoms with Gasteiger partial charge in [-0.2, -0.15) is 0 Å². The van der Waals surface area contributed by atoms with Gasteiger partial charge in [0, 0.05) is 4.83 Å². The molecule has 2 heteroatoms. The van der Waals surface area contributed by atoms with E-state index in [0.29, 0.717) is 10.7 Å². The molecule has 0 aromatic carbocycles. The zero-order chi connectivity index (χ0) is 13.3. The lowest BCUT2D eigenvalue weighted by Gasteiger charge is -2.45. The molecule has 0 saturated heterocycles. The van der Waals surface area contributed by atoms with Crippen molar-refractivity contribution in [2.24, 2.45) is 11.3 Å². The average molecular weight is 301 g/mol. The van der Waals surface area contributed by atoms with Crippen molar-refractivity contribution < 1.29 is 5.11 Å². The average Bonchev–Trinajstić information content (AvgIpc) is 2.23. The first-order valence-electron chi connectivity index (χ1n) is 6.38. The smallest absolute Gasteiger partial charge is 0.0797 e. The number of rotatable bonds is 4. The van der Waals surface area contributed by atoms with Crippen molar-refractivity contribution in [2.45, 2.75) is 56.9 Å². The Labute approximate surface area is 114 Å². The first-order chi connectivity index (χ1) is 7.70. The Kier molecular flexibility index (Phi) is 4.65. The maximum atomic E-state index is 10.0. The summed E-state index contributed by atoms with van der Waals surface area (Å²) in [6.07, 6.45) is 5.63. The van der Waals surface area contributed by atoms with Gasteiger partial charge in [0.15, 0.2) is 0 Å². The van der Waals surface area contributed by atoms with Gasteiger partial charge in [0.25, 0.3) is 0 Å². The van der Waals surface area contributed by atoms with Crippen LogP contribution in [0, 0.1) is 11.3 Å². The minimum absolute atomic E-state index is 0.215. The molecule has 3 atom stereocenters. The molecule has 1 aliphatic rings. The molecule has 1 fully saturated rings. The Bertz CT molecular complexity index is 304. The lowest BCUT2D eigenvalue weighted by molar-refractivity contribution is 0.0813. The molecule has 0 radical (unpaired) electrons. The van der Waals surface area contributed by atoms with E-state index in [2.05, 4.69) is 42.9 Å². The molecule has 3 unspecified atom stereocenters. The Morgan fingerprint density at radius 3 is 2.71 bits per heavy atom. The summed E-state index contributed by atoms with van der Waals surface area (Å²) in [5.41, 5.74) is 0.799. The van der Waals surface area contributed by atoms with Crippen molar-refractivity contribution in [3.63, 3.8) is 0 Å². The number of aliphatic hydroxyl groups is 1. The minimum Gasteiger partial charge on any atom is -0.386 e. The van der Waals surface area contributed by atoms with E-state index in [0.717, 1.165) is 19.3 Å². The van der Waals surface area contributed by atoms with Crippen molar-refractivity contribution in [1.82, 2.24) is 0 Å². The molecule has 1 aliphatic carbocycles. The fourth-order valence-corrected chi connectivity index (χ4v) is 3.27. The van der Waals surface area contributed by atoms with Crippen LogP contribution in [0.5, 0.6) is 0 Å². The van der Waals surface area contributed by atoms with Gasteiger partial charge in [0.1, 0.15) is 0 Å². The van der Waals surface area contributed by atoms with Crippen molar-refractivity contribution >= 4 is 15.9 Å². The van der Waals surface area contributed by atoms with Gasteiger partial charge in [-0.15, -0.1) is 6.58 Å². The van der Waals surface area contributed by atoms with E-state index in [1.807, 2.05) is 6.92 Å². The number of alkyl halides is 1. The number of halogens is 1. The lowest BCUT2D eigenvalue weighted by Crippen LogP contribution is -2.39. The van der Waals surface area contributed by atoms with Gasteiger partial charge < -0.3 is 5.11 Å². The molecule has 0 amide bonds. The van der Waals surface area contributed by atoms with Gasteiger partial charge in [0.2, 0.25) is 0 Å². The molecule has 17 heavy (non-hydrogen) atoms. The van der Waals surface area contributed by atoms with Crippen LogP contribution in [0.25, 0.3) is 0 Å². The van der Waals surface area contributed by atoms with E-state index in [9.17, 15) is 5.11 Å². The molecule has 0 aromatic heterocycles. The maximum absolute atomic E-state index is 10.0. The molecule has 0 heterocycles. The summed E-state index contributed by atoms with van der Waals surface area (Å²) < 4.78 is 0. The number of hydrogen-bond acceptors (Lipinski definition) is 1. The summed E-state index contributed by atoms with van der Waals surface area (Å²) in [6, 6.07) is 0. The standard InChI is InChI=1S/C15H25BrO/c1-6-15(5,17)10-9-12-11(2)7-8-13(16)14(12,3)4/h6,12-13,17H,1-2,7-10H2,3-5H3. The molecule has 0 aliphatic heterocycles. The molecule has 1 saturated carbocycles. The second kappa shape index (κ2) is 5.27. The quantitative estimate of drug-likeness (QED) is 0.600. The normalized spacial score (nSPS) is 31.9. The van der Waals surface area contributed by atoms with Gasteiger partial charge in [-0.25, -0.2) is 0 Å².